The molecule has 0 radical (unpaired) electrons. The number of phenols is 1. The summed E-state index contributed by atoms with van der Waals surface area (Å²) in [4.78, 5) is 24.4. The first-order valence-corrected chi connectivity index (χ1v) is 7.93. The molecule has 126 valence electrons. The van der Waals surface area contributed by atoms with Crippen LogP contribution in [-0.4, -0.2) is 21.9 Å². The maximum atomic E-state index is 12.2. The summed E-state index contributed by atoms with van der Waals surface area (Å²) in [6, 6.07) is 19.6. The smallest absolute Gasteiger partial charge is 0.274 e. The fraction of sp³-hybridized carbons (Fsp3) is 0.100. The van der Waals surface area contributed by atoms with E-state index in [4.69, 9.17) is 5.84 Å². The van der Waals surface area contributed by atoms with E-state index in [2.05, 4.69) is 0 Å². The highest BCUT2D eigenvalue weighted by Gasteiger charge is 2.19. The maximum absolute atomic E-state index is 12.2. The zero-order chi connectivity index (χ0) is 17.8. The van der Waals surface area contributed by atoms with Gasteiger partial charge in [0.15, 0.2) is 0 Å². The van der Waals surface area contributed by atoms with Crippen LogP contribution in [0.1, 0.15) is 22.3 Å². The summed E-state index contributed by atoms with van der Waals surface area (Å²) < 4.78 is 0. The molecule has 5 nitrogen and oxygen atoms in total. The molecule has 3 rings (SSSR count). The van der Waals surface area contributed by atoms with Crippen LogP contribution >= 0.6 is 0 Å². The minimum Gasteiger partial charge on any atom is -0.508 e. The minimum atomic E-state index is -0.594. The summed E-state index contributed by atoms with van der Waals surface area (Å²) >= 11 is 0. The molecule has 0 aliphatic carbocycles. The topological polar surface area (TPSA) is 83.6 Å². The molecule has 0 saturated heterocycles. The monoisotopic (exact) mass is 334 g/mol. The number of rotatable bonds is 4. The van der Waals surface area contributed by atoms with Crippen molar-refractivity contribution < 1.29 is 14.7 Å². The standard InChI is InChI=1S/C20H18N2O3/c21-22(20(25)16-8-10-18(23)11-9-16)19(24)12-6-14-5-7-15-3-1-2-4-17(15)13-14/h1-5,7-11,13,23H,6,12,21H2. The van der Waals surface area contributed by atoms with Crippen molar-refractivity contribution in [3.8, 4) is 5.75 Å². The van der Waals surface area contributed by atoms with Gasteiger partial charge in [0.05, 0.1) is 0 Å². The molecule has 0 spiro atoms. The van der Waals surface area contributed by atoms with Crippen molar-refractivity contribution in [2.75, 3.05) is 0 Å². The summed E-state index contributed by atoms with van der Waals surface area (Å²) in [7, 11) is 0. The molecule has 25 heavy (non-hydrogen) atoms. The number of fused-ring (bicyclic) bond motifs is 1. The fourth-order valence-corrected chi connectivity index (χ4v) is 2.62. The van der Waals surface area contributed by atoms with E-state index in [1.165, 1.54) is 24.3 Å². The second kappa shape index (κ2) is 7.15. The number of hydrazine groups is 1. The van der Waals surface area contributed by atoms with Gasteiger partial charge in [-0.2, -0.15) is 0 Å². The average molecular weight is 334 g/mol. The molecule has 5 heteroatoms. The molecule has 0 unspecified atom stereocenters. The Morgan fingerprint density at radius 1 is 0.920 bits per heavy atom. The van der Waals surface area contributed by atoms with Gasteiger partial charge in [-0.15, -0.1) is 0 Å². The molecule has 3 aromatic carbocycles. The Labute approximate surface area is 145 Å². The molecule has 0 atom stereocenters. The lowest BCUT2D eigenvalue weighted by atomic mass is 10.0. The number of nitrogens with zero attached hydrogens (tertiary/aromatic N) is 1. The van der Waals surface area contributed by atoms with Crippen LogP contribution < -0.4 is 5.84 Å². The predicted octanol–water partition coefficient (Wildman–Crippen LogP) is 3.02. The third-order valence-electron chi connectivity index (χ3n) is 4.04. The second-order valence-corrected chi connectivity index (χ2v) is 5.80. The summed E-state index contributed by atoms with van der Waals surface area (Å²) in [5, 5.41) is 12.1. The van der Waals surface area contributed by atoms with Gasteiger partial charge < -0.3 is 5.11 Å². The third-order valence-corrected chi connectivity index (χ3v) is 4.04. The number of hydrogen-bond acceptors (Lipinski definition) is 4. The Morgan fingerprint density at radius 2 is 1.60 bits per heavy atom. The first kappa shape index (κ1) is 16.7. The zero-order valence-electron chi connectivity index (χ0n) is 13.6. The molecule has 3 N–H and O–H groups in total. The Morgan fingerprint density at radius 3 is 2.32 bits per heavy atom. The normalized spacial score (nSPS) is 10.6. The zero-order valence-corrected chi connectivity index (χ0v) is 13.6. The predicted molar refractivity (Wildman–Crippen MR) is 95.7 cm³/mol. The van der Waals surface area contributed by atoms with Crippen molar-refractivity contribution >= 4 is 22.6 Å². The molecule has 0 bridgehead atoms. The Bertz CT molecular complexity index is 920. The van der Waals surface area contributed by atoms with Gasteiger partial charge in [-0.25, -0.2) is 10.9 Å². The van der Waals surface area contributed by atoms with Gasteiger partial charge in [-0.1, -0.05) is 42.5 Å². The Balaban J connectivity index is 1.64. The first-order valence-electron chi connectivity index (χ1n) is 7.93. The molecule has 0 heterocycles. The lowest BCUT2D eigenvalue weighted by Crippen LogP contribution is -2.42. The van der Waals surface area contributed by atoms with E-state index in [-0.39, 0.29) is 17.7 Å². The molecular formula is C20H18N2O3. The summed E-state index contributed by atoms with van der Waals surface area (Å²) in [5.74, 6) is 4.65. The molecule has 0 saturated carbocycles. The SMILES string of the molecule is NN(C(=O)CCc1ccc2ccccc2c1)C(=O)c1ccc(O)cc1. The van der Waals surface area contributed by atoms with E-state index in [9.17, 15) is 14.7 Å². The van der Waals surface area contributed by atoms with Gasteiger partial charge in [-0.05, 0) is 47.0 Å². The molecule has 0 aliphatic rings. The number of benzene rings is 3. The van der Waals surface area contributed by atoms with Gasteiger partial charge in [0, 0.05) is 12.0 Å². The second-order valence-electron chi connectivity index (χ2n) is 5.80. The molecule has 0 fully saturated rings. The van der Waals surface area contributed by atoms with Crippen LogP contribution in [0, 0.1) is 0 Å². The first-order chi connectivity index (χ1) is 12.0. The molecule has 2 amide bonds. The number of imide groups is 1. The minimum absolute atomic E-state index is 0.0442. The number of aryl methyl sites for hydroxylation is 1. The summed E-state index contributed by atoms with van der Waals surface area (Å²) in [5.41, 5.74) is 1.26. The van der Waals surface area contributed by atoms with Crippen LogP contribution in [0.15, 0.2) is 66.7 Å². The molecule has 0 aliphatic heterocycles. The van der Waals surface area contributed by atoms with Crippen LogP contribution in [0.4, 0.5) is 0 Å². The lowest BCUT2D eigenvalue weighted by Gasteiger charge is -2.15. The number of amides is 2. The number of phenolic OH excluding ortho intramolecular Hbond substituents is 1. The van der Waals surface area contributed by atoms with Crippen molar-refractivity contribution in [1.29, 1.82) is 0 Å². The molecule has 3 aromatic rings. The van der Waals surface area contributed by atoms with Crippen LogP contribution in [0.25, 0.3) is 10.8 Å². The van der Waals surface area contributed by atoms with Crippen molar-refractivity contribution in [3.05, 3.63) is 77.9 Å². The van der Waals surface area contributed by atoms with Crippen LogP contribution in [-0.2, 0) is 11.2 Å². The van der Waals surface area contributed by atoms with Crippen molar-refractivity contribution in [1.82, 2.24) is 5.01 Å². The van der Waals surface area contributed by atoms with Gasteiger partial charge in [0.25, 0.3) is 5.91 Å². The van der Waals surface area contributed by atoms with E-state index in [0.717, 1.165) is 16.3 Å². The summed E-state index contributed by atoms with van der Waals surface area (Å²) in [6.07, 6.45) is 0.638. The highest BCUT2D eigenvalue weighted by molar-refractivity contribution is 6.04. The average Bonchev–Trinajstić information content (AvgIpc) is 2.65. The highest BCUT2D eigenvalue weighted by atomic mass is 16.3. The van der Waals surface area contributed by atoms with Crippen molar-refractivity contribution in [2.24, 2.45) is 5.84 Å². The van der Waals surface area contributed by atoms with E-state index in [0.29, 0.717) is 11.4 Å². The lowest BCUT2D eigenvalue weighted by molar-refractivity contribution is -0.128. The number of carbonyl (C=O) groups excluding carboxylic acids is 2. The number of aromatic hydroxyl groups is 1. The van der Waals surface area contributed by atoms with Crippen LogP contribution in [0.5, 0.6) is 5.75 Å². The van der Waals surface area contributed by atoms with Crippen LogP contribution in [0.3, 0.4) is 0 Å². The maximum Gasteiger partial charge on any atom is 0.274 e. The Kier molecular flexibility index (Phi) is 4.77. The number of hydrogen-bond donors (Lipinski definition) is 2. The quantitative estimate of drug-likeness (QED) is 0.436. The van der Waals surface area contributed by atoms with E-state index in [1.54, 1.807) is 0 Å². The van der Waals surface area contributed by atoms with E-state index >= 15 is 0 Å². The van der Waals surface area contributed by atoms with Gasteiger partial charge in [0.1, 0.15) is 5.75 Å². The molecule has 0 aromatic heterocycles. The molecular weight excluding hydrogens is 316 g/mol. The fourth-order valence-electron chi connectivity index (χ4n) is 2.62. The summed E-state index contributed by atoms with van der Waals surface area (Å²) in [6.45, 7) is 0. The van der Waals surface area contributed by atoms with Crippen LogP contribution in [0.2, 0.25) is 0 Å². The van der Waals surface area contributed by atoms with Gasteiger partial charge in [-0.3, -0.25) is 9.59 Å². The van der Waals surface area contributed by atoms with E-state index < -0.39 is 11.8 Å². The number of carbonyl (C=O) groups is 2. The Hall–Kier alpha value is -3.18. The van der Waals surface area contributed by atoms with Gasteiger partial charge >= 0.3 is 0 Å². The highest BCUT2D eigenvalue weighted by Crippen LogP contribution is 2.17. The van der Waals surface area contributed by atoms with Crippen molar-refractivity contribution in [2.45, 2.75) is 12.8 Å². The van der Waals surface area contributed by atoms with E-state index in [1.807, 2.05) is 42.5 Å². The van der Waals surface area contributed by atoms with Gasteiger partial charge in [0.2, 0.25) is 5.91 Å². The van der Waals surface area contributed by atoms with Crippen molar-refractivity contribution in [3.63, 3.8) is 0 Å². The largest absolute Gasteiger partial charge is 0.508 e. The third kappa shape index (κ3) is 3.84. The number of nitrogens with two attached hydrogens (primary N) is 1.